The molecule has 1 saturated heterocycles. The molecule has 0 saturated carbocycles. The lowest BCUT2D eigenvalue weighted by Crippen LogP contribution is -2.49. The number of para-hydroxylation sites is 2. The molecule has 2 aromatic carbocycles. The molecule has 1 aliphatic heterocycles. The molecule has 2 aromatic heterocycles. The van der Waals surface area contributed by atoms with E-state index in [0.717, 1.165) is 34.7 Å². The summed E-state index contributed by atoms with van der Waals surface area (Å²) in [6.07, 6.45) is 0. The van der Waals surface area contributed by atoms with Crippen molar-refractivity contribution in [2.24, 2.45) is 0 Å². The molecule has 0 unspecified atom stereocenters. The Kier molecular flexibility index (Phi) is 7.12. The summed E-state index contributed by atoms with van der Waals surface area (Å²) in [5.74, 6) is 1.09. The number of anilines is 1. The van der Waals surface area contributed by atoms with Gasteiger partial charge < -0.3 is 14.5 Å². The number of ether oxygens (including phenoxy) is 1. The molecule has 10 heteroatoms. The van der Waals surface area contributed by atoms with E-state index >= 15 is 0 Å². The van der Waals surface area contributed by atoms with Gasteiger partial charge in [0.15, 0.2) is 5.16 Å². The van der Waals surface area contributed by atoms with E-state index in [0.29, 0.717) is 28.5 Å². The molecule has 0 N–H and O–H groups in total. The van der Waals surface area contributed by atoms with Crippen molar-refractivity contribution in [3.05, 3.63) is 74.8 Å². The average Bonchev–Trinajstić information content (AvgIpc) is 3.37. The van der Waals surface area contributed by atoms with E-state index in [9.17, 15) is 9.59 Å². The molecule has 1 aliphatic rings. The van der Waals surface area contributed by atoms with Crippen LogP contribution in [0.15, 0.2) is 74.4 Å². The third-order valence-electron chi connectivity index (χ3n) is 5.92. The molecular formula is C25H23BrN4O3S2. The minimum Gasteiger partial charge on any atom is -0.495 e. The molecule has 4 aromatic rings. The smallest absolute Gasteiger partial charge is 0.276 e. The quantitative estimate of drug-likeness (QED) is 0.248. The van der Waals surface area contributed by atoms with Gasteiger partial charge in [0.25, 0.3) is 5.56 Å². The Hall–Kier alpha value is -2.82. The second kappa shape index (κ2) is 10.4. The van der Waals surface area contributed by atoms with Crippen LogP contribution < -0.4 is 15.2 Å². The fraction of sp³-hybridized carbons (Fsp3) is 0.240. The maximum atomic E-state index is 13.3. The van der Waals surface area contributed by atoms with Gasteiger partial charge >= 0.3 is 0 Å². The molecule has 0 spiro atoms. The number of amides is 1. The van der Waals surface area contributed by atoms with Crippen molar-refractivity contribution in [3.63, 3.8) is 0 Å². The van der Waals surface area contributed by atoms with Gasteiger partial charge in [-0.3, -0.25) is 14.2 Å². The van der Waals surface area contributed by atoms with E-state index in [1.165, 1.54) is 23.1 Å². The van der Waals surface area contributed by atoms with Crippen LogP contribution in [-0.4, -0.2) is 59.4 Å². The Bertz CT molecular complexity index is 1410. The molecule has 0 atom stereocenters. The molecule has 0 aliphatic carbocycles. The minimum absolute atomic E-state index is 0.0386. The van der Waals surface area contributed by atoms with Crippen LogP contribution in [0.3, 0.4) is 0 Å². The number of nitrogens with zero attached hydrogens (tertiary/aromatic N) is 4. The molecule has 0 radical (unpaired) electrons. The number of thioether (sulfide) groups is 1. The van der Waals surface area contributed by atoms with Crippen LogP contribution in [0.2, 0.25) is 0 Å². The number of fused-ring (bicyclic) bond motifs is 1. The number of hydrogen-bond donors (Lipinski definition) is 0. The number of benzene rings is 2. The van der Waals surface area contributed by atoms with E-state index in [1.807, 2.05) is 64.9 Å². The standard InChI is InChI=1S/C25H23BrN4O3S2/c1-33-21-5-3-2-4-20(21)28-11-13-29(14-12-28)22(31)16-35-25-27-19-10-15-34-23(19)24(32)30(25)18-8-6-17(26)7-9-18/h2-10,15H,11-14,16H2,1H3. The minimum atomic E-state index is -0.118. The molecule has 1 fully saturated rings. The number of carbonyl (C=O) groups is 1. The summed E-state index contributed by atoms with van der Waals surface area (Å²) < 4.78 is 8.62. The maximum absolute atomic E-state index is 13.3. The van der Waals surface area contributed by atoms with Gasteiger partial charge in [-0.1, -0.05) is 39.8 Å². The molecule has 7 nitrogen and oxygen atoms in total. The fourth-order valence-corrected chi connectivity index (χ4v) is 6.05. The second-order valence-corrected chi connectivity index (χ2v) is 10.7. The van der Waals surface area contributed by atoms with Gasteiger partial charge in [0, 0.05) is 30.7 Å². The first-order chi connectivity index (χ1) is 17.0. The number of rotatable bonds is 6. The van der Waals surface area contributed by atoms with E-state index in [4.69, 9.17) is 9.72 Å². The normalized spacial score (nSPS) is 13.9. The summed E-state index contributed by atoms with van der Waals surface area (Å²) in [6.45, 7) is 2.74. The number of carbonyl (C=O) groups excluding carboxylic acids is 1. The van der Waals surface area contributed by atoms with Gasteiger partial charge in [-0.15, -0.1) is 11.3 Å². The van der Waals surface area contributed by atoms with Crippen LogP contribution in [0.1, 0.15) is 0 Å². The number of thiophene rings is 1. The van der Waals surface area contributed by atoms with Crippen molar-refractivity contribution in [2.45, 2.75) is 5.16 Å². The third-order valence-corrected chi connectivity index (χ3v) is 8.26. The second-order valence-electron chi connectivity index (χ2n) is 7.97. The first-order valence-corrected chi connectivity index (χ1v) is 13.8. The Morgan fingerprint density at radius 2 is 1.83 bits per heavy atom. The summed E-state index contributed by atoms with van der Waals surface area (Å²) in [7, 11) is 1.67. The highest BCUT2D eigenvalue weighted by Crippen LogP contribution is 2.29. The number of halogens is 1. The van der Waals surface area contributed by atoms with Crippen molar-refractivity contribution >= 4 is 60.8 Å². The highest BCUT2D eigenvalue weighted by atomic mass is 79.9. The average molecular weight is 572 g/mol. The Balaban J connectivity index is 1.31. The van der Waals surface area contributed by atoms with Gasteiger partial charge in [0.05, 0.1) is 29.8 Å². The summed E-state index contributed by atoms with van der Waals surface area (Å²) in [5.41, 5.74) is 2.31. The number of aromatic nitrogens is 2. The predicted octanol–water partition coefficient (Wildman–Crippen LogP) is 4.66. The van der Waals surface area contributed by atoms with Gasteiger partial charge in [0.2, 0.25) is 5.91 Å². The van der Waals surface area contributed by atoms with E-state index < -0.39 is 0 Å². The topological polar surface area (TPSA) is 67.7 Å². The SMILES string of the molecule is COc1ccccc1N1CCN(C(=O)CSc2nc3ccsc3c(=O)n2-c2ccc(Br)cc2)CC1. The number of hydrogen-bond acceptors (Lipinski definition) is 7. The lowest BCUT2D eigenvalue weighted by atomic mass is 10.2. The van der Waals surface area contributed by atoms with Crippen LogP contribution in [0.25, 0.3) is 15.9 Å². The molecule has 5 rings (SSSR count). The predicted molar refractivity (Wildman–Crippen MR) is 145 cm³/mol. The zero-order valence-corrected chi connectivity index (χ0v) is 22.2. The highest BCUT2D eigenvalue weighted by Gasteiger charge is 2.24. The van der Waals surface area contributed by atoms with Gasteiger partial charge in [0.1, 0.15) is 10.4 Å². The lowest BCUT2D eigenvalue weighted by molar-refractivity contribution is -0.128. The highest BCUT2D eigenvalue weighted by molar-refractivity contribution is 9.10. The van der Waals surface area contributed by atoms with Crippen LogP contribution >= 0.6 is 39.0 Å². The molecule has 35 heavy (non-hydrogen) atoms. The largest absolute Gasteiger partial charge is 0.495 e. The van der Waals surface area contributed by atoms with Crippen LogP contribution in [0.4, 0.5) is 5.69 Å². The Morgan fingerprint density at radius 3 is 2.57 bits per heavy atom. The van der Waals surface area contributed by atoms with Crippen molar-refractivity contribution < 1.29 is 9.53 Å². The zero-order chi connectivity index (χ0) is 24.4. The van der Waals surface area contributed by atoms with Crippen LogP contribution in [0, 0.1) is 0 Å². The van der Waals surface area contributed by atoms with Crippen molar-refractivity contribution in [2.75, 3.05) is 43.9 Å². The first-order valence-electron chi connectivity index (χ1n) is 11.1. The van der Waals surface area contributed by atoms with Crippen molar-refractivity contribution in [3.8, 4) is 11.4 Å². The first kappa shape index (κ1) is 23.9. The number of methoxy groups -OCH3 is 1. The molecule has 0 bridgehead atoms. The van der Waals surface area contributed by atoms with Crippen molar-refractivity contribution in [1.29, 1.82) is 0 Å². The third kappa shape index (κ3) is 4.96. The van der Waals surface area contributed by atoms with E-state index in [1.54, 1.807) is 11.7 Å². The Labute approximate surface area is 219 Å². The molecular weight excluding hydrogens is 548 g/mol. The summed E-state index contributed by atoms with van der Waals surface area (Å²) in [5, 5.41) is 2.38. The monoisotopic (exact) mass is 570 g/mol. The molecule has 3 heterocycles. The van der Waals surface area contributed by atoms with Gasteiger partial charge in [-0.05, 0) is 47.8 Å². The van der Waals surface area contributed by atoms with E-state index in [2.05, 4.69) is 20.8 Å². The Morgan fingerprint density at radius 1 is 1.09 bits per heavy atom. The molecule has 180 valence electrons. The summed E-state index contributed by atoms with van der Waals surface area (Å²) in [4.78, 5) is 35.2. The fourth-order valence-electron chi connectivity index (χ4n) is 4.11. The number of piperazine rings is 1. The van der Waals surface area contributed by atoms with E-state index in [-0.39, 0.29) is 17.2 Å². The zero-order valence-electron chi connectivity index (χ0n) is 19.0. The summed E-state index contributed by atoms with van der Waals surface area (Å²) in [6, 6.07) is 17.3. The van der Waals surface area contributed by atoms with Crippen molar-refractivity contribution in [1.82, 2.24) is 14.5 Å². The lowest BCUT2D eigenvalue weighted by Gasteiger charge is -2.36. The van der Waals surface area contributed by atoms with Crippen LogP contribution in [0.5, 0.6) is 5.75 Å². The van der Waals surface area contributed by atoms with Gasteiger partial charge in [-0.25, -0.2) is 4.98 Å². The summed E-state index contributed by atoms with van der Waals surface area (Å²) >= 11 is 6.13. The van der Waals surface area contributed by atoms with Crippen LogP contribution in [-0.2, 0) is 4.79 Å². The van der Waals surface area contributed by atoms with Gasteiger partial charge in [-0.2, -0.15) is 0 Å². The molecule has 1 amide bonds. The maximum Gasteiger partial charge on any atom is 0.276 e.